The largest absolute Gasteiger partial charge is 0.289 e. The average molecular weight is 406 g/mol. The van der Waals surface area contributed by atoms with Crippen LogP contribution in [0.4, 0.5) is 0 Å². The smallest absolute Gasteiger partial charge is 0.220 e. The highest BCUT2D eigenvalue weighted by atomic mass is 16.1. The topological polar surface area (TPSA) is 67.9 Å². The van der Waals surface area contributed by atoms with Gasteiger partial charge in [0.25, 0.3) is 0 Å². The summed E-state index contributed by atoms with van der Waals surface area (Å²) < 4.78 is 1.86. The van der Waals surface area contributed by atoms with Crippen molar-refractivity contribution in [3.63, 3.8) is 0 Å². The van der Waals surface area contributed by atoms with Gasteiger partial charge in [0.15, 0.2) is 12.7 Å². The first kappa shape index (κ1) is 18.4. The number of aryl methyl sites for hydroxylation is 1. The van der Waals surface area contributed by atoms with Gasteiger partial charge < -0.3 is 0 Å². The summed E-state index contributed by atoms with van der Waals surface area (Å²) in [6.45, 7) is 5.42. The molecule has 5 aliphatic rings. The van der Waals surface area contributed by atoms with Gasteiger partial charge in [-0.05, 0) is 60.1 Å². The van der Waals surface area contributed by atoms with Gasteiger partial charge in [0, 0.05) is 21.8 Å². The second kappa shape index (κ2) is 5.67. The van der Waals surface area contributed by atoms with Crippen molar-refractivity contribution in [1.29, 1.82) is 0 Å². The highest BCUT2D eigenvalue weighted by Gasteiger charge is 2.60. The number of hydrogen-bond donors (Lipinski definition) is 1. The van der Waals surface area contributed by atoms with E-state index in [9.17, 15) is 9.59 Å². The van der Waals surface area contributed by atoms with Crippen LogP contribution < -0.4 is 10.1 Å². The second-order valence-electron chi connectivity index (χ2n) is 11.1. The van der Waals surface area contributed by atoms with Gasteiger partial charge in [-0.3, -0.25) is 14.9 Å². The maximum absolute atomic E-state index is 13.3. The van der Waals surface area contributed by atoms with E-state index in [2.05, 4.69) is 24.3 Å². The molecule has 0 spiro atoms. The zero-order chi connectivity index (χ0) is 20.9. The quantitative estimate of drug-likeness (QED) is 0.681. The van der Waals surface area contributed by atoms with Crippen LogP contribution in [0.3, 0.4) is 0 Å². The van der Waals surface area contributed by atoms with Gasteiger partial charge >= 0.3 is 0 Å². The lowest BCUT2D eigenvalue weighted by Gasteiger charge is -2.65. The third-order valence-corrected chi connectivity index (χ3v) is 8.15. The monoisotopic (exact) mass is 405 g/mol. The molecule has 0 saturated heterocycles. The Morgan fingerprint density at radius 3 is 2.30 bits per heavy atom. The molecule has 0 amide bonds. The molecule has 7 rings (SSSR count). The molecule has 6 heteroatoms. The SMILES string of the molecule is C[n+]1nc2c(n1CNC13CC4CC(C)(CC(C)(C4)C1)C3)C(=O)c1ccccc1C2=O. The molecule has 30 heavy (non-hydrogen) atoms. The standard InChI is InChI=1S/C24H29N4O2/c1-22-8-15-9-23(2,11-22)13-24(10-15,12-22)25-14-28-19-18(26-27(28)3)20(29)16-6-4-5-7-17(16)21(19)30/h4-7,15,25H,8-14H2,1-3H3/q+1. The van der Waals surface area contributed by atoms with Crippen molar-refractivity contribution in [1.82, 2.24) is 15.1 Å². The number of carbonyl (C=O) groups is 2. The van der Waals surface area contributed by atoms with E-state index >= 15 is 0 Å². The van der Waals surface area contributed by atoms with Gasteiger partial charge in [-0.1, -0.05) is 38.1 Å². The van der Waals surface area contributed by atoms with Gasteiger partial charge in [-0.25, -0.2) is 0 Å². The molecular formula is C24H29N4O2+. The second-order valence-corrected chi connectivity index (χ2v) is 11.1. The van der Waals surface area contributed by atoms with E-state index in [1.807, 2.05) is 17.8 Å². The van der Waals surface area contributed by atoms with E-state index in [4.69, 9.17) is 0 Å². The fourth-order valence-electron chi connectivity index (χ4n) is 8.09. The van der Waals surface area contributed by atoms with Crippen molar-refractivity contribution in [2.45, 2.75) is 64.6 Å². The number of hydrogen-bond acceptors (Lipinski definition) is 4. The fourth-order valence-corrected chi connectivity index (χ4v) is 8.09. The van der Waals surface area contributed by atoms with E-state index in [1.165, 1.54) is 38.5 Å². The maximum Gasteiger partial charge on any atom is 0.220 e. The molecule has 5 aliphatic carbocycles. The Bertz CT molecular complexity index is 1100. The molecular weight excluding hydrogens is 376 g/mol. The molecule has 1 heterocycles. The third-order valence-electron chi connectivity index (χ3n) is 8.15. The van der Waals surface area contributed by atoms with Crippen molar-refractivity contribution < 1.29 is 14.4 Å². The highest BCUT2D eigenvalue weighted by Crippen LogP contribution is 2.66. The van der Waals surface area contributed by atoms with Gasteiger partial charge in [0.05, 0.1) is 0 Å². The predicted molar refractivity (Wildman–Crippen MR) is 110 cm³/mol. The Kier molecular flexibility index (Phi) is 3.48. The van der Waals surface area contributed by atoms with Crippen LogP contribution >= 0.6 is 0 Å². The summed E-state index contributed by atoms with van der Waals surface area (Å²) in [5, 5.41) is 8.31. The molecule has 2 atom stereocenters. The third kappa shape index (κ3) is 2.46. The molecule has 4 fully saturated rings. The lowest BCUT2D eigenvalue weighted by molar-refractivity contribution is -0.806. The normalized spacial score (nSPS) is 36.2. The lowest BCUT2D eigenvalue weighted by Crippen LogP contribution is -2.65. The van der Waals surface area contributed by atoms with Crippen LogP contribution in [-0.4, -0.2) is 26.9 Å². The number of nitrogens with zero attached hydrogens (tertiary/aromatic N) is 3. The molecule has 0 aliphatic heterocycles. The molecule has 156 valence electrons. The van der Waals surface area contributed by atoms with Crippen molar-refractivity contribution in [2.75, 3.05) is 0 Å². The van der Waals surface area contributed by atoms with Crippen LogP contribution in [0.25, 0.3) is 0 Å². The van der Waals surface area contributed by atoms with Gasteiger partial charge in [-0.2, -0.15) is 0 Å². The van der Waals surface area contributed by atoms with Crippen LogP contribution in [0.2, 0.25) is 0 Å². The number of benzene rings is 1. The van der Waals surface area contributed by atoms with Crippen molar-refractivity contribution in [3.05, 3.63) is 46.8 Å². The Morgan fingerprint density at radius 1 is 1.03 bits per heavy atom. The van der Waals surface area contributed by atoms with E-state index in [0.717, 1.165) is 5.92 Å². The molecule has 4 saturated carbocycles. The Balaban J connectivity index is 1.34. The molecule has 1 aromatic carbocycles. The molecule has 1 N–H and O–H groups in total. The first-order chi connectivity index (χ1) is 14.2. The molecule has 2 aromatic rings. The molecule has 0 radical (unpaired) electrons. The minimum absolute atomic E-state index is 0.112. The molecule has 4 bridgehead atoms. The van der Waals surface area contributed by atoms with Crippen LogP contribution in [0, 0.1) is 16.7 Å². The predicted octanol–water partition coefficient (Wildman–Crippen LogP) is 2.78. The van der Waals surface area contributed by atoms with E-state index in [-0.39, 0.29) is 22.8 Å². The minimum Gasteiger partial charge on any atom is -0.289 e. The molecule has 2 unspecified atom stereocenters. The zero-order valence-corrected chi connectivity index (χ0v) is 18.0. The van der Waals surface area contributed by atoms with Crippen LogP contribution in [-0.2, 0) is 13.7 Å². The van der Waals surface area contributed by atoms with Gasteiger partial charge in [-0.15, -0.1) is 4.68 Å². The summed E-state index contributed by atoms with van der Waals surface area (Å²) in [4.78, 5) is 27.9. The first-order valence-corrected chi connectivity index (χ1v) is 11.1. The average Bonchev–Trinajstić information content (AvgIpc) is 2.98. The Hall–Kier alpha value is -2.34. The van der Waals surface area contributed by atoms with Crippen molar-refractivity contribution in [2.24, 2.45) is 23.8 Å². The van der Waals surface area contributed by atoms with Gasteiger partial charge in [0.2, 0.25) is 17.3 Å². The molecule has 1 aromatic heterocycles. The minimum atomic E-state index is -0.163. The van der Waals surface area contributed by atoms with Crippen molar-refractivity contribution >= 4 is 11.6 Å². The fraction of sp³-hybridized carbons (Fsp3) is 0.583. The number of fused-ring (bicyclic) bond motifs is 2. The Morgan fingerprint density at radius 2 is 1.67 bits per heavy atom. The summed E-state index contributed by atoms with van der Waals surface area (Å²) in [6.07, 6.45) is 7.64. The zero-order valence-electron chi connectivity index (χ0n) is 18.0. The number of rotatable bonds is 3. The summed E-state index contributed by atoms with van der Waals surface area (Å²) in [6, 6.07) is 7.06. The van der Waals surface area contributed by atoms with E-state index in [1.54, 1.807) is 23.0 Å². The first-order valence-electron chi connectivity index (χ1n) is 11.1. The van der Waals surface area contributed by atoms with E-state index < -0.39 is 0 Å². The number of carbonyl (C=O) groups excluding carboxylic acids is 2. The molecule has 6 nitrogen and oxygen atoms in total. The summed E-state index contributed by atoms with van der Waals surface area (Å²) in [5.41, 5.74) is 2.57. The highest BCUT2D eigenvalue weighted by molar-refractivity contribution is 6.26. The summed E-state index contributed by atoms with van der Waals surface area (Å²) in [7, 11) is 1.81. The van der Waals surface area contributed by atoms with Crippen LogP contribution in [0.5, 0.6) is 0 Å². The van der Waals surface area contributed by atoms with Crippen LogP contribution in [0.15, 0.2) is 24.3 Å². The number of ketones is 2. The summed E-state index contributed by atoms with van der Waals surface area (Å²) >= 11 is 0. The van der Waals surface area contributed by atoms with Crippen molar-refractivity contribution in [3.8, 4) is 0 Å². The Labute approximate surface area is 176 Å². The summed E-state index contributed by atoms with van der Waals surface area (Å²) in [5.74, 6) is 0.521. The van der Waals surface area contributed by atoms with E-state index in [0.29, 0.717) is 34.3 Å². The number of nitrogens with one attached hydrogen (secondary N) is 1. The number of aromatic nitrogens is 3. The van der Waals surface area contributed by atoms with Crippen LogP contribution in [0.1, 0.15) is 84.5 Å². The van der Waals surface area contributed by atoms with Gasteiger partial charge in [0.1, 0.15) is 6.67 Å². The maximum atomic E-state index is 13.3. The lowest BCUT2D eigenvalue weighted by atomic mass is 9.43.